The predicted molar refractivity (Wildman–Crippen MR) is 75.2 cm³/mol. The molecule has 2 aromatic carbocycles. The van der Waals surface area contributed by atoms with Crippen LogP contribution in [0.1, 0.15) is 5.56 Å². The molecule has 20 heavy (non-hydrogen) atoms. The van der Waals surface area contributed by atoms with E-state index in [-0.39, 0.29) is 4.90 Å². The van der Waals surface area contributed by atoms with Gasteiger partial charge in [-0.25, -0.2) is 8.42 Å². The first-order valence-electron chi connectivity index (χ1n) is 5.68. The van der Waals surface area contributed by atoms with Crippen LogP contribution in [0.2, 0.25) is 0 Å². The third-order valence-electron chi connectivity index (χ3n) is 2.63. The number of hydrogen-bond acceptors (Lipinski definition) is 5. The summed E-state index contributed by atoms with van der Waals surface area (Å²) in [5.74, 6) is 0.968. The van der Waals surface area contributed by atoms with Gasteiger partial charge in [0, 0.05) is 12.3 Å². The lowest BCUT2D eigenvalue weighted by atomic mass is 10.2. The molecule has 6 heteroatoms. The van der Waals surface area contributed by atoms with Crippen LogP contribution < -0.4 is 10.5 Å². The van der Waals surface area contributed by atoms with E-state index in [1.165, 1.54) is 12.1 Å². The van der Waals surface area contributed by atoms with Crippen LogP contribution >= 0.6 is 0 Å². The Balaban J connectivity index is 2.23. The van der Waals surface area contributed by atoms with E-state index in [2.05, 4.69) is 0 Å². The molecule has 0 atom stereocenters. The monoisotopic (exact) mass is 288 g/mol. The minimum atomic E-state index is -3.22. The van der Waals surface area contributed by atoms with E-state index >= 15 is 0 Å². The number of anilines is 1. The maximum atomic E-state index is 11.3. The molecule has 0 saturated heterocycles. The van der Waals surface area contributed by atoms with E-state index in [1.807, 2.05) is 6.07 Å². The minimum absolute atomic E-state index is 0.226. The lowest BCUT2D eigenvalue weighted by Gasteiger charge is -2.07. The second kappa shape index (κ2) is 5.23. The lowest BCUT2D eigenvalue weighted by Crippen LogP contribution is -1.96. The molecule has 0 aliphatic rings. The molecule has 0 heterocycles. The normalized spacial score (nSPS) is 10.8. The molecule has 0 amide bonds. The van der Waals surface area contributed by atoms with E-state index in [0.29, 0.717) is 22.7 Å². The summed E-state index contributed by atoms with van der Waals surface area (Å²) in [6.07, 6.45) is 1.14. The molecular weight excluding hydrogens is 276 g/mol. The zero-order valence-corrected chi connectivity index (χ0v) is 11.5. The van der Waals surface area contributed by atoms with Gasteiger partial charge in [-0.1, -0.05) is 0 Å². The fraction of sp³-hybridized carbons (Fsp3) is 0.0714. The molecule has 0 radical (unpaired) electrons. The molecule has 0 aromatic heterocycles. The summed E-state index contributed by atoms with van der Waals surface area (Å²) in [5, 5.41) is 8.78. The van der Waals surface area contributed by atoms with Crippen molar-refractivity contribution >= 4 is 15.5 Å². The Morgan fingerprint density at radius 3 is 2.20 bits per heavy atom. The zero-order valence-electron chi connectivity index (χ0n) is 10.7. The Morgan fingerprint density at radius 2 is 1.70 bits per heavy atom. The molecule has 102 valence electrons. The van der Waals surface area contributed by atoms with Gasteiger partial charge in [0.25, 0.3) is 0 Å². The lowest BCUT2D eigenvalue weighted by molar-refractivity contribution is 0.482. The van der Waals surface area contributed by atoms with Crippen LogP contribution in [-0.4, -0.2) is 14.7 Å². The summed E-state index contributed by atoms with van der Waals surface area (Å²) in [7, 11) is -3.22. The summed E-state index contributed by atoms with van der Waals surface area (Å²) >= 11 is 0. The first-order chi connectivity index (χ1) is 9.40. The van der Waals surface area contributed by atoms with Gasteiger partial charge in [-0.05, 0) is 36.4 Å². The van der Waals surface area contributed by atoms with Crippen molar-refractivity contribution in [2.45, 2.75) is 4.90 Å². The maximum Gasteiger partial charge on any atom is 0.175 e. The van der Waals surface area contributed by atoms with Gasteiger partial charge in [-0.2, -0.15) is 5.26 Å². The van der Waals surface area contributed by atoms with Gasteiger partial charge in [-0.3, -0.25) is 0 Å². The van der Waals surface area contributed by atoms with Gasteiger partial charge < -0.3 is 10.5 Å². The molecule has 5 nitrogen and oxygen atoms in total. The smallest absolute Gasteiger partial charge is 0.175 e. The van der Waals surface area contributed by atoms with Gasteiger partial charge >= 0.3 is 0 Å². The van der Waals surface area contributed by atoms with Crippen molar-refractivity contribution in [3.8, 4) is 17.6 Å². The summed E-state index contributed by atoms with van der Waals surface area (Å²) < 4.78 is 28.2. The van der Waals surface area contributed by atoms with Crippen LogP contribution in [0.25, 0.3) is 0 Å². The number of sulfone groups is 1. The standard InChI is InChI=1S/C14H12N2O3S/c1-20(17,18)13-6-4-11(5-7-13)19-12-3-2-10(9-15)14(16)8-12/h2-8H,16H2,1H3. The summed E-state index contributed by atoms with van der Waals surface area (Å²) in [4.78, 5) is 0.226. The first-order valence-corrected chi connectivity index (χ1v) is 7.57. The quantitative estimate of drug-likeness (QED) is 0.875. The second-order valence-corrected chi connectivity index (χ2v) is 6.22. The number of nitrogens with two attached hydrogens (primary N) is 1. The van der Waals surface area contributed by atoms with E-state index in [9.17, 15) is 8.42 Å². The highest BCUT2D eigenvalue weighted by molar-refractivity contribution is 7.90. The third-order valence-corrected chi connectivity index (χ3v) is 3.76. The van der Waals surface area contributed by atoms with Crippen molar-refractivity contribution in [2.75, 3.05) is 12.0 Å². The Bertz CT molecular complexity index is 775. The average molecular weight is 288 g/mol. The Morgan fingerprint density at radius 1 is 1.10 bits per heavy atom. The summed E-state index contributed by atoms with van der Waals surface area (Å²) in [5.41, 5.74) is 6.40. The van der Waals surface area contributed by atoms with Crippen LogP contribution in [0, 0.1) is 11.3 Å². The van der Waals surface area contributed by atoms with Crippen LogP contribution in [-0.2, 0) is 9.84 Å². The highest BCUT2D eigenvalue weighted by atomic mass is 32.2. The number of rotatable bonds is 3. The summed E-state index contributed by atoms with van der Waals surface area (Å²) in [6.45, 7) is 0. The highest BCUT2D eigenvalue weighted by Crippen LogP contribution is 2.25. The predicted octanol–water partition coefficient (Wildman–Crippen LogP) is 2.34. The number of nitriles is 1. The molecule has 0 unspecified atom stereocenters. The SMILES string of the molecule is CS(=O)(=O)c1ccc(Oc2ccc(C#N)c(N)c2)cc1. The Hall–Kier alpha value is -2.52. The topological polar surface area (TPSA) is 93.2 Å². The molecule has 0 aliphatic carbocycles. The number of nitrogen functional groups attached to an aromatic ring is 1. The van der Waals surface area contributed by atoms with Gasteiger partial charge in [0.05, 0.1) is 16.1 Å². The zero-order chi connectivity index (χ0) is 14.8. The molecule has 0 saturated carbocycles. The van der Waals surface area contributed by atoms with E-state index in [4.69, 9.17) is 15.7 Å². The van der Waals surface area contributed by atoms with Crippen LogP contribution in [0.4, 0.5) is 5.69 Å². The largest absolute Gasteiger partial charge is 0.457 e. The van der Waals surface area contributed by atoms with Gasteiger partial charge in [-0.15, -0.1) is 0 Å². The minimum Gasteiger partial charge on any atom is -0.457 e. The van der Waals surface area contributed by atoms with Crippen molar-refractivity contribution in [3.63, 3.8) is 0 Å². The molecule has 2 N–H and O–H groups in total. The Kier molecular flexibility index (Phi) is 3.63. The van der Waals surface area contributed by atoms with E-state index in [0.717, 1.165) is 6.26 Å². The van der Waals surface area contributed by atoms with E-state index in [1.54, 1.807) is 30.3 Å². The second-order valence-electron chi connectivity index (χ2n) is 4.21. The number of ether oxygens (including phenoxy) is 1. The fourth-order valence-corrected chi connectivity index (χ4v) is 2.23. The van der Waals surface area contributed by atoms with Gasteiger partial charge in [0.1, 0.15) is 17.6 Å². The molecule has 0 aliphatic heterocycles. The van der Waals surface area contributed by atoms with Crippen molar-refractivity contribution in [1.29, 1.82) is 5.26 Å². The fourth-order valence-electron chi connectivity index (χ4n) is 1.60. The van der Waals surface area contributed by atoms with Gasteiger partial charge in [0.15, 0.2) is 9.84 Å². The van der Waals surface area contributed by atoms with Crippen molar-refractivity contribution in [3.05, 3.63) is 48.0 Å². The average Bonchev–Trinajstić information content (AvgIpc) is 2.38. The van der Waals surface area contributed by atoms with E-state index < -0.39 is 9.84 Å². The molecule has 0 spiro atoms. The number of hydrogen-bond donors (Lipinski definition) is 1. The highest BCUT2D eigenvalue weighted by Gasteiger charge is 2.07. The molecule has 0 fully saturated rings. The molecule has 2 aromatic rings. The third kappa shape index (κ3) is 3.08. The van der Waals surface area contributed by atoms with Crippen LogP contribution in [0.15, 0.2) is 47.4 Å². The maximum absolute atomic E-state index is 11.3. The first kappa shape index (κ1) is 13.9. The molecule has 0 bridgehead atoms. The van der Waals surface area contributed by atoms with Crippen molar-refractivity contribution in [2.24, 2.45) is 0 Å². The molecular formula is C14H12N2O3S. The van der Waals surface area contributed by atoms with Crippen LogP contribution in [0.3, 0.4) is 0 Å². The number of benzene rings is 2. The van der Waals surface area contributed by atoms with Crippen molar-refractivity contribution < 1.29 is 13.2 Å². The van der Waals surface area contributed by atoms with Crippen LogP contribution in [0.5, 0.6) is 11.5 Å². The van der Waals surface area contributed by atoms with Gasteiger partial charge in [0.2, 0.25) is 0 Å². The molecule has 2 rings (SSSR count). The summed E-state index contributed by atoms with van der Waals surface area (Å²) in [6, 6.07) is 12.8. The van der Waals surface area contributed by atoms with Crippen molar-refractivity contribution in [1.82, 2.24) is 0 Å². The Labute approximate surface area is 117 Å². The number of nitrogens with zero attached hydrogens (tertiary/aromatic N) is 1.